The number of nitriles is 1. The van der Waals surface area contributed by atoms with E-state index >= 15 is 0 Å². The normalized spacial score (nSPS) is 15.2. The fraction of sp³-hybridized carbons (Fsp3) is 0.476. The van der Waals surface area contributed by atoms with Gasteiger partial charge in [0.1, 0.15) is 6.07 Å². The third-order valence-corrected chi connectivity index (χ3v) is 5.13. The molecule has 0 radical (unpaired) electrons. The molecule has 0 N–H and O–H groups in total. The van der Waals surface area contributed by atoms with Gasteiger partial charge in [0.05, 0.1) is 11.3 Å². The zero-order valence-corrected chi connectivity index (χ0v) is 14.9. The fourth-order valence-corrected chi connectivity index (χ4v) is 3.62. The van der Waals surface area contributed by atoms with Crippen molar-refractivity contribution in [3.8, 4) is 17.2 Å². The summed E-state index contributed by atoms with van der Waals surface area (Å²) in [4.78, 5) is 9.31. The first-order valence-electron chi connectivity index (χ1n) is 9.04. The van der Waals surface area contributed by atoms with Crippen LogP contribution < -0.4 is 0 Å². The van der Waals surface area contributed by atoms with Gasteiger partial charge in [-0.3, -0.25) is 9.97 Å². The Bertz CT molecular complexity index is 786. The number of nitrogens with zero attached hydrogens (tertiary/aromatic N) is 3. The van der Waals surface area contributed by atoms with E-state index in [0.29, 0.717) is 5.92 Å². The Hall–Kier alpha value is -2.21. The summed E-state index contributed by atoms with van der Waals surface area (Å²) in [5.41, 5.74) is 7.48. The predicted molar refractivity (Wildman–Crippen MR) is 96.9 cm³/mol. The molecule has 2 aromatic rings. The van der Waals surface area contributed by atoms with Gasteiger partial charge in [-0.15, -0.1) is 0 Å². The van der Waals surface area contributed by atoms with Gasteiger partial charge in [-0.25, -0.2) is 0 Å². The molecule has 3 rings (SSSR count). The van der Waals surface area contributed by atoms with Crippen LogP contribution in [0.25, 0.3) is 11.1 Å². The highest BCUT2D eigenvalue weighted by molar-refractivity contribution is 5.76. The second-order valence-electron chi connectivity index (χ2n) is 6.84. The van der Waals surface area contributed by atoms with Crippen molar-refractivity contribution < 1.29 is 0 Å². The minimum Gasteiger partial charge on any atom is -0.262 e. The standard InChI is InChI=1S/C21H25N3/c1-4-14(2)21-18(13-22)20(16-10-11-23-15(3)12-16)17-8-6-5-7-9-19(17)24-21/h10-12,14H,4-9H2,1-3H3. The van der Waals surface area contributed by atoms with Gasteiger partial charge in [0.15, 0.2) is 0 Å². The van der Waals surface area contributed by atoms with Crippen molar-refractivity contribution in [1.29, 1.82) is 5.26 Å². The Labute approximate surface area is 144 Å². The van der Waals surface area contributed by atoms with E-state index in [-0.39, 0.29) is 0 Å². The third-order valence-electron chi connectivity index (χ3n) is 5.13. The minimum atomic E-state index is 0.301. The van der Waals surface area contributed by atoms with Crippen LogP contribution >= 0.6 is 0 Å². The van der Waals surface area contributed by atoms with Gasteiger partial charge < -0.3 is 0 Å². The van der Waals surface area contributed by atoms with Crippen LogP contribution in [0, 0.1) is 18.3 Å². The number of aromatic nitrogens is 2. The van der Waals surface area contributed by atoms with E-state index in [2.05, 4.69) is 31.0 Å². The fourth-order valence-electron chi connectivity index (χ4n) is 3.62. The molecule has 2 heterocycles. The van der Waals surface area contributed by atoms with E-state index in [1.54, 1.807) is 0 Å². The first kappa shape index (κ1) is 16.6. The van der Waals surface area contributed by atoms with Crippen LogP contribution in [0.5, 0.6) is 0 Å². The Morgan fingerprint density at radius 2 is 2.04 bits per heavy atom. The topological polar surface area (TPSA) is 49.6 Å². The van der Waals surface area contributed by atoms with Crippen molar-refractivity contribution in [2.45, 2.75) is 65.2 Å². The molecule has 24 heavy (non-hydrogen) atoms. The lowest BCUT2D eigenvalue weighted by atomic mass is 9.87. The number of hydrogen-bond acceptors (Lipinski definition) is 3. The zero-order chi connectivity index (χ0) is 17.1. The maximum Gasteiger partial charge on any atom is 0.102 e. The molecule has 3 heteroatoms. The number of pyridine rings is 2. The molecule has 1 unspecified atom stereocenters. The molecule has 0 saturated carbocycles. The third kappa shape index (κ3) is 3.06. The smallest absolute Gasteiger partial charge is 0.102 e. The van der Waals surface area contributed by atoms with Crippen molar-refractivity contribution in [2.75, 3.05) is 0 Å². The molecule has 1 aliphatic carbocycles. The number of fused-ring (bicyclic) bond motifs is 1. The lowest BCUT2D eigenvalue weighted by Gasteiger charge is -2.20. The van der Waals surface area contributed by atoms with E-state index in [4.69, 9.17) is 4.98 Å². The van der Waals surface area contributed by atoms with Crippen LogP contribution in [0.4, 0.5) is 0 Å². The van der Waals surface area contributed by atoms with Crippen molar-refractivity contribution in [3.63, 3.8) is 0 Å². The Morgan fingerprint density at radius 1 is 1.25 bits per heavy atom. The predicted octanol–water partition coefficient (Wildman–Crippen LogP) is 5.11. The maximum absolute atomic E-state index is 9.94. The second kappa shape index (κ2) is 7.13. The largest absolute Gasteiger partial charge is 0.262 e. The molecule has 0 bridgehead atoms. The van der Waals surface area contributed by atoms with E-state index < -0.39 is 0 Å². The summed E-state index contributed by atoms with van der Waals surface area (Å²) in [5.74, 6) is 0.301. The minimum absolute atomic E-state index is 0.301. The molecular formula is C21H25N3. The lowest BCUT2D eigenvalue weighted by Crippen LogP contribution is -2.09. The molecule has 124 valence electrons. The quantitative estimate of drug-likeness (QED) is 0.739. The van der Waals surface area contributed by atoms with Gasteiger partial charge in [-0.1, -0.05) is 20.3 Å². The molecule has 2 aromatic heterocycles. The molecule has 1 aliphatic rings. The van der Waals surface area contributed by atoms with Gasteiger partial charge in [0.2, 0.25) is 0 Å². The maximum atomic E-state index is 9.94. The first-order chi connectivity index (χ1) is 11.7. The lowest BCUT2D eigenvalue weighted by molar-refractivity contribution is 0.689. The zero-order valence-electron chi connectivity index (χ0n) is 14.9. The molecule has 0 amide bonds. The highest BCUT2D eigenvalue weighted by Gasteiger charge is 2.24. The van der Waals surface area contributed by atoms with E-state index in [1.165, 1.54) is 30.5 Å². The van der Waals surface area contributed by atoms with Crippen LogP contribution in [0.1, 0.15) is 73.7 Å². The van der Waals surface area contributed by atoms with Gasteiger partial charge in [0.25, 0.3) is 0 Å². The van der Waals surface area contributed by atoms with Crippen LogP contribution in [-0.4, -0.2) is 9.97 Å². The molecular weight excluding hydrogens is 294 g/mol. The van der Waals surface area contributed by atoms with Crippen molar-refractivity contribution in [2.24, 2.45) is 0 Å². The molecule has 0 spiro atoms. The molecule has 3 nitrogen and oxygen atoms in total. The van der Waals surface area contributed by atoms with Gasteiger partial charge >= 0.3 is 0 Å². The summed E-state index contributed by atoms with van der Waals surface area (Å²) in [6.07, 6.45) is 8.51. The summed E-state index contributed by atoms with van der Waals surface area (Å²) >= 11 is 0. The Balaban J connectivity index is 2.33. The van der Waals surface area contributed by atoms with E-state index in [1.807, 2.05) is 19.2 Å². The van der Waals surface area contributed by atoms with Crippen LogP contribution in [0.15, 0.2) is 18.3 Å². The Kier molecular flexibility index (Phi) is 4.94. The number of aryl methyl sites for hydroxylation is 2. The molecule has 0 aromatic carbocycles. The summed E-state index contributed by atoms with van der Waals surface area (Å²) in [6, 6.07) is 6.62. The van der Waals surface area contributed by atoms with Crippen molar-refractivity contribution in [1.82, 2.24) is 9.97 Å². The SMILES string of the molecule is CCC(C)c1nc2c(c(-c3ccnc(C)c3)c1C#N)CCCCC2. The average Bonchev–Trinajstić information content (AvgIpc) is 2.84. The van der Waals surface area contributed by atoms with Crippen LogP contribution in [0.3, 0.4) is 0 Å². The van der Waals surface area contributed by atoms with Crippen molar-refractivity contribution >= 4 is 0 Å². The summed E-state index contributed by atoms with van der Waals surface area (Å²) in [7, 11) is 0. The first-order valence-corrected chi connectivity index (χ1v) is 9.04. The molecule has 1 atom stereocenters. The molecule has 0 saturated heterocycles. The van der Waals surface area contributed by atoms with Crippen LogP contribution in [0.2, 0.25) is 0 Å². The summed E-state index contributed by atoms with van der Waals surface area (Å²) in [5, 5.41) is 9.94. The number of rotatable bonds is 3. The summed E-state index contributed by atoms with van der Waals surface area (Å²) in [6.45, 7) is 6.34. The average molecular weight is 319 g/mol. The molecule has 0 fully saturated rings. The monoisotopic (exact) mass is 319 g/mol. The highest BCUT2D eigenvalue weighted by Crippen LogP contribution is 2.37. The van der Waals surface area contributed by atoms with E-state index in [0.717, 1.165) is 47.3 Å². The molecule has 0 aliphatic heterocycles. The summed E-state index contributed by atoms with van der Waals surface area (Å²) < 4.78 is 0. The number of hydrogen-bond donors (Lipinski definition) is 0. The van der Waals surface area contributed by atoms with E-state index in [9.17, 15) is 5.26 Å². The van der Waals surface area contributed by atoms with Gasteiger partial charge in [-0.05, 0) is 68.2 Å². The van der Waals surface area contributed by atoms with Gasteiger partial charge in [0, 0.05) is 23.1 Å². The highest BCUT2D eigenvalue weighted by atomic mass is 14.7. The Morgan fingerprint density at radius 3 is 2.75 bits per heavy atom. The van der Waals surface area contributed by atoms with Crippen LogP contribution in [-0.2, 0) is 12.8 Å². The van der Waals surface area contributed by atoms with Crippen molar-refractivity contribution in [3.05, 3.63) is 46.5 Å². The van der Waals surface area contributed by atoms with Gasteiger partial charge in [-0.2, -0.15) is 5.26 Å². The second-order valence-corrected chi connectivity index (χ2v) is 6.84.